The molecule has 1 N–H and O–H groups in total. The van der Waals surface area contributed by atoms with Crippen molar-refractivity contribution in [3.8, 4) is 0 Å². The van der Waals surface area contributed by atoms with Crippen molar-refractivity contribution in [3.05, 3.63) is 0 Å². The van der Waals surface area contributed by atoms with Gasteiger partial charge in [-0.05, 0) is 62.7 Å². The zero-order valence-corrected chi connectivity index (χ0v) is 18.7. The molecule has 4 fully saturated rings. The van der Waals surface area contributed by atoms with Crippen molar-refractivity contribution in [2.24, 2.45) is 28.7 Å². The second-order valence-electron chi connectivity index (χ2n) is 8.55. The second-order valence-corrected chi connectivity index (χ2v) is 8.55. The van der Waals surface area contributed by atoms with E-state index in [0.717, 1.165) is 63.1 Å². The summed E-state index contributed by atoms with van der Waals surface area (Å²) in [7, 11) is 0. The molecule has 2 saturated carbocycles. The fourth-order valence-electron chi connectivity index (χ4n) is 4.67. The molecule has 4 rings (SSSR count). The Labute approximate surface area is 176 Å². The number of morpholine rings is 1. The van der Waals surface area contributed by atoms with Crippen LogP contribution in [-0.2, 0) is 4.74 Å². The first kappa shape index (κ1) is 20.6. The van der Waals surface area contributed by atoms with Gasteiger partial charge in [0, 0.05) is 45.8 Å². The smallest absolute Gasteiger partial charge is 0.193 e. The fourth-order valence-corrected chi connectivity index (χ4v) is 4.67. The molecule has 0 aromatic carbocycles. The fraction of sp³-hybridized carbons (Fsp3) is 0.950. The van der Waals surface area contributed by atoms with E-state index in [0.29, 0.717) is 0 Å². The van der Waals surface area contributed by atoms with Crippen molar-refractivity contribution in [2.75, 3.05) is 59.0 Å². The van der Waals surface area contributed by atoms with Gasteiger partial charge < -0.3 is 15.0 Å². The van der Waals surface area contributed by atoms with Crippen LogP contribution in [0.2, 0.25) is 0 Å². The summed E-state index contributed by atoms with van der Waals surface area (Å²) in [5, 5.41) is 3.57. The molecule has 5 nitrogen and oxygen atoms in total. The summed E-state index contributed by atoms with van der Waals surface area (Å²) in [6.07, 6.45) is 7.13. The second kappa shape index (κ2) is 9.92. The van der Waals surface area contributed by atoms with Crippen molar-refractivity contribution in [3.63, 3.8) is 0 Å². The van der Waals surface area contributed by atoms with Gasteiger partial charge in [0.15, 0.2) is 5.96 Å². The average molecular weight is 476 g/mol. The molecular weight excluding hydrogens is 439 g/mol. The molecule has 0 radical (unpaired) electrons. The summed E-state index contributed by atoms with van der Waals surface area (Å²) >= 11 is 0. The number of aliphatic imine (C=N–C) groups is 1. The maximum Gasteiger partial charge on any atom is 0.193 e. The lowest BCUT2D eigenvalue weighted by atomic mass is 9.98. The first-order valence-electron chi connectivity index (χ1n) is 10.7. The van der Waals surface area contributed by atoms with Crippen LogP contribution in [0.3, 0.4) is 0 Å². The minimum Gasteiger partial charge on any atom is -0.379 e. The molecule has 0 aromatic rings. The van der Waals surface area contributed by atoms with Gasteiger partial charge in [-0.25, -0.2) is 0 Å². The van der Waals surface area contributed by atoms with E-state index in [1.807, 2.05) is 0 Å². The summed E-state index contributed by atoms with van der Waals surface area (Å²) < 4.78 is 5.48. The molecule has 2 heterocycles. The topological polar surface area (TPSA) is 40.1 Å². The molecule has 0 amide bonds. The Morgan fingerprint density at radius 3 is 2.38 bits per heavy atom. The summed E-state index contributed by atoms with van der Waals surface area (Å²) in [6.45, 7) is 11.8. The summed E-state index contributed by atoms with van der Waals surface area (Å²) in [5.41, 5.74) is 0. The lowest BCUT2D eigenvalue weighted by Gasteiger charge is -2.29. The van der Waals surface area contributed by atoms with Gasteiger partial charge >= 0.3 is 0 Å². The Bertz CT molecular complexity index is 449. The van der Waals surface area contributed by atoms with E-state index in [9.17, 15) is 0 Å². The van der Waals surface area contributed by atoms with E-state index in [-0.39, 0.29) is 24.0 Å². The Balaban J connectivity index is 0.00000196. The number of hydrogen-bond acceptors (Lipinski definition) is 3. The van der Waals surface area contributed by atoms with Crippen molar-refractivity contribution in [1.82, 2.24) is 15.1 Å². The third kappa shape index (κ3) is 5.71. The molecule has 0 aromatic heterocycles. The molecule has 150 valence electrons. The van der Waals surface area contributed by atoms with Crippen LogP contribution in [0.4, 0.5) is 0 Å². The number of rotatable bonds is 7. The predicted octanol–water partition coefficient (Wildman–Crippen LogP) is 2.66. The zero-order valence-electron chi connectivity index (χ0n) is 16.4. The van der Waals surface area contributed by atoms with Gasteiger partial charge in [-0.1, -0.05) is 0 Å². The van der Waals surface area contributed by atoms with Gasteiger partial charge in [-0.15, -0.1) is 24.0 Å². The molecule has 26 heavy (non-hydrogen) atoms. The first-order chi connectivity index (χ1) is 12.3. The molecule has 2 aliphatic heterocycles. The Morgan fingerprint density at radius 2 is 1.77 bits per heavy atom. The van der Waals surface area contributed by atoms with Gasteiger partial charge in [-0.3, -0.25) is 9.89 Å². The lowest BCUT2D eigenvalue weighted by Crippen LogP contribution is -2.42. The Hall–Kier alpha value is -0.0800. The molecular formula is C20H37IN4O. The quantitative estimate of drug-likeness (QED) is 0.349. The van der Waals surface area contributed by atoms with Gasteiger partial charge in [-0.2, -0.15) is 0 Å². The van der Waals surface area contributed by atoms with Crippen molar-refractivity contribution < 1.29 is 4.74 Å². The van der Waals surface area contributed by atoms with Gasteiger partial charge in [0.1, 0.15) is 0 Å². The number of likely N-dealkylation sites (tertiary alicyclic amines) is 1. The number of ether oxygens (including phenoxy) is 1. The van der Waals surface area contributed by atoms with Crippen LogP contribution in [0, 0.1) is 23.7 Å². The van der Waals surface area contributed by atoms with E-state index >= 15 is 0 Å². The SMILES string of the molecule is CCNC(=NCC(C1CC1)C1CC1)N1CCC(CN2CCOCC2)C1.I. The first-order valence-corrected chi connectivity index (χ1v) is 10.7. The van der Waals surface area contributed by atoms with E-state index in [1.54, 1.807) is 0 Å². The average Bonchev–Trinajstić information content (AvgIpc) is 3.56. The minimum atomic E-state index is 0. The van der Waals surface area contributed by atoms with Gasteiger partial charge in [0.05, 0.1) is 13.2 Å². The molecule has 0 bridgehead atoms. The highest BCUT2D eigenvalue weighted by molar-refractivity contribution is 14.0. The number of guanidine groups is 1. The Kier molecular flexibility index (Phi) is 7.88. The lowest BCUT2D eigenvalue weighted by molar-refractivity contribution is 0.0315. The van der Waals surface area contributed by atoms with E-state index in [1.165, 1.54) is 57.7 Å². The number of nitrogens with one attached hydrogen (secondary N) is 1. The summed E-state index contributed by atoms with van der Waals surface area (Å²) in [4.78, 5) is 10.2. The number of nitrogens with zero attached hydrogens (tertiary/aromatic N) is 3. The highest BCUT2D eigenvalue weighted by Crippen LogP contribution is 2.49. The molecule has 1 unspecified atom stereocenters. The van der Waals surface area contributed by atoms with Crippen molar-refractivity contribution in [1.29, 1.82) is 0 Å². The number of halogens is 1. The standard InChI is InChI=1S/C20H36N4O.HI/c1-2-21-20(22-13-19(17-3-4-17)18-5-6-18)24-8-7-16(15-24)14-23-9-11-25-12-10-23;/h16-19H,2-15H2,1H3,(H,21,22);1H. The normalized spacial score (nSPS) is 27.7. The van der Waals surface area contributed by atoms with Crippen LogP contribution >= 0.6 is 24.0 Å². The van der Waals surface area contributed by atoms with Crippen LogP contribution in [0.1, 0.15) is 39.0 Å². The monoisotopic (exact) mass is 476 g/mol. The minimum absolute atomic E-state index is 0. The maximum absolute atomic E-state index is 5.48. The highest BCUT2D eigenvalue weighted by Gasteiger charge is 2.41. The largest absolute Gasteiger partial charge is 0.379 e. The van der Waals surface area contributed by atoms with Crippen LogP contribution in [0.15, 0.2) is 4.99 Å². The summed E-state index contributed by atoms with van der Waals surface area (Å²) in [5.74, 6) is 4.82. The summed E-state index contributed by atoms with van der Waals surface area (Å²) in [6, 6.07) is 0. The van der Waals surface area contributed by atoms with Crippen molar-refractivity contribution in [2.45, 2.75) is 39.0 Å². The van der Waals surface area contributed by atoms with E-state index in [2.05, 4.69) is 22.0 Å². The highest BCUT2D eigenvalue weighted by atomic mass is 127. The zero-order chi connectivity index (χ0) is 17.1. The van der Waals surface area contributed by atoms with Gasteiger partial charge in [0.2, 0.25) is 0 Å². The predicted molar refractivity (Wildman–Crippen MR) is 117 cm³/mol. The molecule has 2 aliphatic carbocycles. The van der Waals surface area contributed by atoms with Crippen LogP contribution in [-0.4, -0.2) is 74.8 Å². The van der Waals surface area contributed by atoms with E-state index in [4.69, 9.17) is 9.73 Å². The van der Waals surface area contributed by atoms with Crippen LogP contribution in [0.5, 0.6) is 0 Å². The Morgan fingerprint density at radius 1 is 1.08 bits per heavy atom. The molecule has 1 atom stereocenters. The van der Waals surface area contributed by atoms with Crippen LogP contribution < -0.4 is 5.32 Å². The molecule has 6 heteroatoms. The third-order valence-electron chi connectivity index (χ3n) is 6.45. The molecule has 4 aliphatic rings. The molecule has 0 spiro atoms. The number of hydrogen-bond donors (Lipinski definition) is 1. The van der Waals surface area contributed by atoms with E-state index < -0.39 is 0 Å². The van der Waals surface area contributed by atoms with Crippen LogP contribution in [0.25, 0.3) is 0 Å². The maximum atomic E-state index is 5.48. The van der Waals surface area contributed by atoms with Gasteiger partial charge in [0.25, 0.3) is 0 Å². The van der Waals surface area contributed by atoms with Crippen molar-refractivity contribution >= 4 is 29.9 Å². The molecule has 2 saturated heterocycles. The third-order valence-corrected chi connectivity index (χ3v) is 6.45.